The number of aromatic nitrogens is 2. The summed E-state index contributed by atoms with van der Waals surface area (Å²) in [4.78, 5) is 41.8. The molecule has 5 heterocycles. The molecule has 5 rings (SSSR count). The van der Waals surface area contributed by atoms with Crippen molar-refractivity contribution in [1.29, 1.82) is 0 Å². The number of piperazine rings is 1. The van der Waals surface area contributed by atoms with E-state index < -0.39 is 0 Å². The molecular formula is C28H37ClN8O3. The topological polar surface area (TPSA) is 129 Å². The van der Waals surface area contributed by atoms with Crippen molar-refractivity contribution in [3.8, 4) is 17.1 Å². The molecule has 0 saturated carbocycles. The fourth-order valence-electron chi connectivity index (χ4n) is 5.88. The van der Waals surface area contributed by atoms with Gasteiger partial charge in [-0.05, 0) is 45.5 Å². The van der Waals surface area contributed by atoms with E-state index in [4.69, 9.17) is 27.1 Å². The molecule has 4 N–H and O–H groups in total. The monoisotopic (exact) mass is 568 g/mol. The van der Waals surface area contributed by atoms with Gasteiger partial charge in [-0.3, -0.25) is 9.59 Å². The first-order valence-corrected chi connectivity index (χ1v) is 14.0. The number of hydrogen-bond acceptors (Lipinski definition) is 9. The van der Waals surface area contributed by atoms with Crippen molar-refractivity contribution < 1.29 is 14.3 Å². The molecule has 0 aromatic carbocycles. The van der Waals surface area contributed by atoms with Gasteiger partial charge in [0.05, 0.1) is 11.7 Å². The molecule has 2 saturated heterocycles. The van der Waals surface area contributed by atoms with Gasteiger partial charge in [0.15, 0.2) is 5.75 Å². The van der Waals surface area contributed by atoms with E-state index >= 15 is 0 Å². The van der Waals surface area contributed by atoms with E-state index in [0.717, 1.165) is 19.5 Å². The summed E-state index contributed by atoms with van der Waals surface area (Å²) in [6, 6.07) is 5.14. The Morgan fingerprint density at radius 3 is 2.80 bits per heavy atom. The number of anilines is 2. The summed E-state index contributed by atoms with van der Waals surface area (Å²) in [5.41, 5.74) is 6.93. The van der Waals surface area contributed by atoms with Crippen LogP contribution >= 0.6 is 11.6 Å². The third kappa shape index (κ3) is 5.21. The van der Waals surface area contributed by atoms with Gasteiger partial charge in [-0.15, -0.1) is 0 Å². The lowest BCUT2D eigenvalue weighted by atomic mass is 9.99. The molecule has 0 radical (unpaired) electrons. The Bertz CT molecular complexity index is 1320. The Balaban J connectivity index is 1.61. The highest BCUT2D eigenvalue weighted by Gasteiger charge is 2.45. The zero-order chi connectivity index (χ0) is 28.6. The number of hydrogen-bond donors (Lipinski definition) is 3. The highest BCUT2D eigenvalue weighted by Crippen LogP contribution is 2.46. The quantitative estimate of drug-likeness (QED) is 0.338. The van der Waals surface area contributed by atoms with Crippen LogP contribution < -0.4 is 26.0 Å². The molecule has 0 aliphatic carbocycles. The molecule has 2 aromatic rings. The van der Waals surface area contributed by atoms with Gasteiger partial charge in [-0.1, -0.05) is 24.2 Å². The van der Waals surface area contributed by atoms with Gasteiger partial charge in [0.25, 0.3) is 5.91 Å². The molecular weight excluding hydrogens is 532 g/mol. The summed E-state index contributed by atoms with van der Waals surface area (Å²) in [7, 11) is 1.93. The predicted molar refractivity (Wildman–Crippen MR) is 156 cm³/mol. The fourth-order valence-corrected chi connectivity index (χ4v) is 6.17. The molecule has 2 amide bonds. The minimum Gasteiger partial charge on any atom is -0.489 e. The molecule has 2 fully saturated rings. The van der Waals surface area contributed by atoms with Crippen LogP contribution in [0.5, 0.6) is 5.75 Å². The highest BCUT2D eigenvalue weighted by molar-refractivity contribution is 6.35. The first-order valence-electron chi connectivity index (χ1n) is 13.6. The van der Waals surface area contributed by atoms with Crippen molar-refractivity contribution in [1.82, 2.24) is 30.4 Å². The number of nitrogen functional groups attached to an aromatic ring is 1. The number of likely N-dealkylation sites (N-methyl/N-ethyl adjacent to an activating group) is 1. The van der Waals surface area contributed by atoms with Gasteiger partial charge < -0.3 is 35.8 Å². The van der Waals surface area contributed by atoms with Crippen molar-refractivity contribution in [3.63, 3.8) is 0 Å². The number of ether oxygens (including phenoxy) is 1. The molecule has 214 valence electrons. The summed E-state index contributed by atoms with van der Waals surface area (Å²) in [5, 5.41) is 7.00. The number of halogens is 1. The van der Waals surface area contributed by atoms with Gasteiger partial charge in [0.2, 0.25) is 5.91 Å². The predicted octanol–water partition coefficient (Wildman–Crippen LogP) is 1.78. The van der Waals surface area contributed by atoms with Crippen LogP contribution in [0.3, 0.4) is 0 Å². The number of amides is 2. The van der Waals surface area contributed by atoms with Gasteiger partial charge in [-0.25, -0.2) is 9.97 Å². The normalized spacial score (nSPS) is 21.9. The minimum absolute atomic E-state index is 0.167. The summed E-state index contributed by atoms with van der Waals surface area (Å²) in [5.74, 6) is 0.760. The average Bonchev–Trinajstić information content (AvgIpc) is 3.15. The van der Waals surface area contributed by atoms with Gasteiger partial charge >= 0.3 is 0 Å². The van der Waals surface area contributed by atoms with Gasteiger partial charge in [0.1, 0.15) is 34.5 Å². The Morgan fingerprint density at radius 2 is 2.08 bits per heavy atom. The summed E-state index contributed by atoms with van der Waals surface area (Å²) < 4.78 is 6.34. The lowest BCUT2D eigenvalue weighted by molar-refractivity contribution is -0.128. The molecule has 3 aliphatic rings. The highest BCUT2D eigenvalue weighted by atomic mass is 35.5. The van der Waals surface area contributed by atoms with Crippen molar-refractivity contribution in [2.24, 2.45) is 0 Å². The number of fused-ring (bicyclic) bond motifs is 2. The average molecular weight is 569 g/mol. The Hall–Kier alpha value is -3.41. The number of rotatable bonds is 7. The van der Waals surface area contributed by atoms with Crippen molar-refractivity contribution >= 4 is 35.1 Å². The van der Waals surface area contributed by atoms with E-state index in [2.05, 4.69) is 40.9 Å². The van der Waals surface area contributed by atoms with E-state index in [1.165, 1.54) is 6.08 Å². The second kappa shape index (κ2) is 11.2. The maximum absolute atomic E-state index is 14.3. The number of carbonyl (C=O) groups is 2. The van der Waals surface area contributed by atoms with Crippen molar-refractivity contribution in [2.45, 2.75) is 37.9 Å². The molecule has 3 aliphatic heterocycles. The second-order valence-corrected chi connectivity index (χ2v) is 11.5. The van der Waals surface area contributed by atoms with Crippen LogP contribution in [0, 0.1) is 0 Å². The molecule has 1 unspecified atom stereocenters. The van der Waals surface area contributed by atoms with Crippen LogP contribution in [0.4, 0.5) is 11.6 Å². The van der Waals surface area contributed by atoms with E-state index in [-0.39, 0.29) is 46.8 Å². The fraction of sp³-hybridized carbons (Fsp3) is 0.500. The number of nitrogens with two attached hydrogens (primary N) is 1. The second-order valence-electron chi connectivity index (χ2n) is 11.1. The van der Waals surface area contributed by atoms with Crippen LogP contribution in [-0.2, 0) is 4.79 Å². The Morgan fingerprint density at radius 1 is 1.27 bits per heavy atom. The van der Waals surface area contributed by atoms with Crippen molar-refractivity contribution in [2.75, 3.05) is 63.6 Å². The Kier molecular flexibility index (Phi) is 7.89. The molecule has 11 nitrogen and oxygen atoms in total. The standard InChI is InChI=1S/C28H37ClN8O3/c1-5-21(38)35-11-12-36-18(15-35)16-40-25-22(27(36)39)26(34-24(23(25)29)19-7-6-8-20(30)33-19)37-14-17(13-28(37,2)3)32-10-9-31-4/h5-8,17-18,31-32H,1,9-16H2,2-4H3,(H2,30,33)/t17?,18-/m1/s1. The van der Waals surface area contributed by atoms with Crippen LogP contribution in [0.15, 0.2) is 30.9 Å². The molecule has 0 bridgehead atoms. The van der Waals surface area contributed by atoms with Crippen molar-refractivity contribution in [3.05, 3.63) is 41.4 Å². The molecule has 12 heteroatoms. The smallest absolute Gasteiger partial charge is 0.261 e. The van der Waals surface area contributed by atoms with Crippen LogP contribution in [0.2, 0.25) is 5.02 Å². The third-order valence-corrected chi connectivity index (χ3v) is 8.25. The number of pyridine rings is 2. The lowest BCUT2D eigenvalue weighted by Crippen LogP contribution is -2.57. The number of nitrogens with zero attached hydrogens (tertiary/aromatic N) is 5. The first-order chi connectivity index (χ1) is 19.1. The molecule has 40 heavy (non-hydrogen) atoms. The van der Waals surface area contributed by atoms with E-state index in [1.807, 2.05) is 7.05 Å². The molecule has 2 atom stereocenters. The van der Waals surface area contributed by atoms with E-state index in [9.17, 15) is 9.59 Å². The Labute approximate surface area is 239 Å². The summed E-state index contributed by atoms with van der Waals surface area (Å²) in [6.45, 7) is 11.6. The zero-order valence-electron chi connectivity index (χ0n) is 23.2. The summed E-state index contributed by atoms with van der Waals surface area (Å²) >= 11 is 6.96. The lowest BCUT2D eigenvalue weighted by Gasteiger charge is -2.40. The minimum atomic E-state index is -0.335. The van der Waals surface area contributed by atoms with E-state index in [1.54, 1.807) is 28.0 Å². The molecule has 2 aromatic heterocycles. The van der Waals surface area contributed by atoms with Crippen LogP contribution in [0.1, 0.15) is 30.6 Å². The maximum atomic E-state index is 14.3. The van der Waals surface area contributed by atoms with Gasteiger partial charge in [-0.2, -0.15) is 0 Å². The SMILES string of the molecule is C=CC(=O)N1CCN2C(=O)c3c(N4CC(NCCNC)CC4(C)C)nc(-c4cccc(N)n4)c(Cl)c3OC[C@H]2C1. The first kappa shape index (κ1) is 28.1. The van der Waals surface area contributed by atoms with Gasteiger partial charge in [0, 0.05) is 50.8 Å². The number of carbonyl (C=O) groups excluding carboxylic acids is 2. The summed E-state index contributed by atoms with van der Waals surface area (Å²) in [6.07, 6.45) is 2.16. The number of nitrogens with one attached hydrogen (secondary N) is 2. The van der Waals surface area contributed by atoms with E-state index in [0.29, 0.717) is 54.8 Å². The van der Waals surface area contributed by atoms with Crippen LogP contribution in [-0.4, -0.2) is 102 Å². The third-order valence-electron chi connectivity index (χ3n) is 7.90. The van der Waals surface area contributed by atoms with Crippen LogP contribution in [0.25, 0.3) is 11.4 Å². The molecule has 0 spiro atoms. The largest absolute Gasteiger partial charge is 0.489 e. The zero-order valence-corrected chi connectivity index (χ0v) is 24.0. The maximum Gasteiger partial charge on any atom is 0.261 e.